The lowest BCUT2D eigenvalue weighted by molar-refractivity contribution is -0.200. The number of piperazine rings is 1. The zero-order valence-electron chi connectivity index (χ0n) is 20.8. The molecule has 1 aromatic heterocycles. The molecule has 0 aliphatic carbocycles. The van der Waals surface area contributed by atoms with Crippen molar-refractivity contribution in [2.75, 3.05) is 36.1 Å². The van der Waals surface area contributed by atoms with E-state index in [-0.39, 0.29) is 28.6 Å². The lowest BCUT2D eigenvalue weighted by Gasteiger charge is -2.30. The first-order valence-electron chi connectivity index (χ1n) is 12.0. The van der Waals surface area contributed by atoms with Gasteiger partial charge in [0.05, 0.1) is 11.2 Å². The van der Waals surface area contributed by atoms with Gasteiger partial charge in [0.15, 0.2) is 5.56 Å². The van der Waals surface area contributed by atoms with E-state index in [1.165, 1.54) is 28.8 Å². The SMILES string of the molecule is CC(C)Cn1c(=O)c(C(=O)N(OC(=O)C(F)(F)F)c2cccc(N3CCNCC3)c2)c(O)c2ccccc21. The highest BCUT2D eigenvalue weighted by molar-refractivity contribution is 6.10. The number of rotatable bonds is 5. The summed E-state index contributed by atoms with van der Waals surface area (Å²) in [4.78, 5) is 45.5. The number of anilines is 2. The Morgan fingerprint density at radius 2 is 1.79 bits per heavy atom. The average Bonchev–Trinajstić information content (AvgIpc) is 2.89. The first kappa shape index (κ1) is 27.0. The summed E-state index contributed by atoms with van der Waals surface area (Å²) >= 11 is 0. The van der Waals surface area contributed by atoms with E-state index < -0.39 is 34.9 Å². The zero-order chi connectivity index (χ0) is 27.6. The third-order valence-electron chi connectivity index (χ3n) is 6.04. The third kappa shape index (κ3) is 5.44. The van der Waals surface area contributed by atoms with E-state index in [4.69, 9.17) is 0 Å². The lowest BCUT2D eigenvalue weighted by atomic mass is 10.1. The highest BCUT2D eigenvalue weighted by Crippen LogP contribution is 2.31. The Morgan fingerprint density at radius 1 is 1.11 bits per heavy atom. The molecule has 1 amide bonds. The normalized spacial score (nSPS) is 14.1. The summed E-state index contributed by atoms with van der Waals surface area (Å²) in [6.07, 6.45) is -5.42. The Labute approximate surface area is 216 Å². The van der Waals surface area contributed by atoms with Gasteiger partial charge in [0.1, 0.15) is 5.75 Å². The number of amides is 1. The topological polar surface area (TPSA) is 104 Å². The minimum atomic E-state index is -5.42. The van der Waals surface area contributed by atoms with Crippen LogP contribution in [-0.4, -0.2) is 53.9 Å². The maximum Gasteiger partial charge on any atom is 0.493 e. The number of hydrogen-bond acceptors (Lipinski definition) is 7. The van der Waals surface area contributed by atoms with E-state index in [9.17, 15) is 32.7 Å². The quantitative estimate of drug-likeness (QED) is 0.485. The molecule has 9 nitrogen and oxygen atoms in total. The second kappa shape index (κ2) is 10.7. The monoisotopic (exact) mass is 532 g/mol. The number of carbonyl (C=O) groups is 2. The van der Waals surface area contributed by atoms with E-state index in [2.05, 4.69) is 10.2 Å². The molecule has 2 heterocycles. The molecule has 202 valence electrons. The predicted octanol–water partition coefficient (Wildman–Crippen LogP) is 3.44. The number of alkyl halides is 3. The van der Waals surface area contributed by atoms with Gasteiger partial charge in [0, 0.05) is 43.8 Å². The van der Waals surface area contributed by atoms with Crippen LogP contribution in [-0.2, 0) is 16.2 Å². The predicted molar refractivity (Wildman–Crippen MR) is 135 cm³/mol. The van der Waals surface area contributed by atoms with Crippen LogP contribution in [0.4, 0.5) is 24.5 Å². The summed E-state index contributed by atoms with van der Waals surface area (Å²) in [5, 5.41) is 14.4. The van der Waals surface area contributed by atoms with Gasteiger partial charge in [-0.3, -0.25) is 9.59 Å². The highest BCUT2D eigenvalue weighted by Gasteiger charge is 2.44. The number of para-hydroxylation sites is 1. The molecule has 0 radical (unpaired) electrons. The molecule has 0 atom stereocenters. The van der Waals surface area contributed by atoms with Crippen LogP contribution in [0.5, 0.6) is 5.75 Å². The fraction of sp³-hybridized carbons (Fsp3) is 0.346. The minimum Gasteiger partial charge on any atom is -0.506 e. The number of aromatic hydroxyl groups is 1. The number of fused-ring (bicyclic) bond motifs is 1. The van der Waals surface area contributed by atoms with Gasteiger partial charge in [0.2, 0.25) is 0 Å². The van der Waals surface area contributed by atoms with Crippen LogP contribution in [0.1, 0.15) is 24.2 Å². The Hall–Kier alpha value is -4.06. The Morgan fingerprint density at radius 3 is 2.45 bits per heavy atom. The van der Waals surface area contributed by atoms with Crippen LogP contribution in [0.15, 0.2) is 53.3 Å². The number of aromatic nitrogens is 1. The lowest BCUT2D eigenvalue weighted by Crippen LogP contribution is -2.44. The van der Waals surface area contributed by atoms with Gasteiger partial charge in [-0.2, -0.15) is 13.2 Å². The number of nitrogens with one attached hydrogen (secondary N) is 1. The van der Waals surface area contributed by atoms with Crippen molar-refractivity contribution in [1.82, 2.24) is 9.88 Å². The second-order valence-electron chi connectivity index (χ2n) is 9.28. The molecule has 0 saturated carbocycles. The standard InChI is InChI=1S/C26H27F3N4O5/c1-16(2)15-32-20-9-4-3-8-19(20)22(34)21(23(32)35)24(36)33(38-25(37)26(27,28)29)18-7-5-6-17(14-18)31-12-10-30-11-13-31/h3-9,14,16,30,34H,10-13,15H2,1-2H3. The summed E-state index contributed by atoms with van der Waals surface area (Å²) in [7, 11) is 0. The van der Waals surface area contributed by atoms with Crippen molar-refractivity contribution in [2.45, 2.75) is 26.6 Å². The molecular weight excluding hydrogens is 505 g/mol. The van der Waals surface area contributed by atoms with Gasteiger partial charge in [0.25, 0.3) is 5.56 Å². The average molecular weight is 533 g/mol. The molecule has 1 saturated heterocycles. The van der Waals surface area contributed by atoms with Gasteiger partial charge in [-0.25, -0.2) is 4.79 Å². The smallest absolute Gasteiger partial charge is 0.493 e. The molecule has 2 aromatic carbocycles. The van der Waals surface area contributed by atoms with E-state index in [0.29, 0.717) is 37.4 Å². The first-order valence-corrected chi connectivity index (χ1v) is 12.0. The molecule has 38 heavy (non-hydrogen) atoms. The maximum atomic E-state index is 13.7. The summed E-state index contributed by atoms with van der Waals surface area (Å²) in [5.74, 6) is -4.83. The van der Waals surface area contributed by atoms with Gasteiger partial charge >= 0.3 is 18.1 Å². The number of benzene rings is 2. The highest BCUT2D eigenvalue weighted by atomic mass is 19.4. The van der Waals surface area contributed by atoms with Gasteiger partial charge in [-0.1, -0.05) is 32.0 Å². The first-order chi connectivity index (χ1) is 18.0. The Bertz CT molecular complexity index is 1410. The number of hydrogen-bond donors (Lipinski definition) is 2. The Balaban J connectivity index is 1.87. The molecule has 1 aliphatic heterocycles. The summed E-state index contributed by atoms with van der Waals surface area (Å²) < 4.78 is 40.8. The molecule has 3 aromatic rings. The fourth-order valence-corrected chi connectivity index (χ4v) is 4.32. The van der Waals surface area contributed by atoms with Crippen molar-refractivity contribution in [3.63, 3.8) is 0 Å². The minimum absolute atomic E-state index is 0.0431. The largest absolute Gasteiger partial charge is 0.506 e. The molecule has 1 aliphatic rings. The molecule has 0 spiro atoms. The summed E-state index contributed by atoms with van der Waals surface area (Å²) in [6, 6.07) is 12.2. The number of pyridine rings is 1. The summed E-state index contributed by atoms with van der Waals surface area (Å²) in [5.41, 5.74) is -1.03. The van der Waals surface area contributed by atoms with Gasteiger partial charge in [-0.05, 0) is 36.2 Å². The van der Waals surface area contributed by atoms with Crippen molar-refractivity contribution in [1.29, 1.82) is 0 Å². The number of halogens is 3. The molecule has 0 unspecified atom stereocenters. The molecular formula is C26H27F3N4O5. The van der Waals surface area contributed by atoms with Crippen LogP contribution in [0.2, 0.25) is 0 Å². The molecule has 0 bridgehead atoms. The van der Waals surface area contributed by atoms with Crippen LogP contribution in [0, 0.1) is 5.92 Å². The third-order valence-corrected chi connectivity index (χ3v) is 6.04. The molecule has 2 N–H and O–H groups in total. The van der Waals surface area contributed by atoms with Crippen molar-refractivity contribution in [3.05, 3.63) is 64.4 Å². The summed E-state index contributed by atoms with van der Waals surface area (Å²) in [6.45, 7) is 6.41. The number of carbonyl (C=O) groups excluding carboxylic acids is 2. The van der Waals surface area contributed by atoms with Crippen LogP contribution in [0.3, 0.4) is 0 Å². The number of nitrogens with zero attached hydrogens (tertiary/aromatic N) is 3. The van der Waals surface area contributed by atoms with E-state index in [1.54, 1.807) is 24.3 Å². The van der Waals surface area contributed by atoms with Crippen LogP contribution >= 0.6 is 0 Å². The van der Waals surface area contributed by atoms with E-state index >= 15 is 0 Å². The van der Waals surface area contributed by atoms with E-state index in [1.807, 2.05) is 18.7 Å². The van der Waals surface area contributed by atoms with Crippen LogP contribution < -0.4 is 20.8 Å². The van der Waals surface area contributed by atoms with Crippen molar-refractivity contribution in [2.24, 2.45) is 5.92 Å². The van der Waals surface area contributed by atoms with Crippen molar-refractivity contribution < 1.29 is 32.7 Å². The zero-order valence-corrected chi connectivity index (χ0v) is 20.8. The Kier molecular flexibility index (Phi) is 7.63. The van der Waals surface area contributed by atoms with Crippen molar-refractivity contribution >= 4 is 34.2 Å². The maximum absolute atomic E-state index is 13.7. The molecule has 1 fully saturated rings. The molecule has 12 heteroatoms. The van der Waals surface area contributed by atoms with Crippen molar-refractivity contribution in [3.8, 4) is 5.75 Å². The fourth-order valence-electron chi connectivity index (χ4n) is 4.32. The van der Waals surface area contributed by atoms with Crippen LogP contribution in [0.25, 0.3) is 10.9 Å². The molecule has 4 rings (SSSR count). The van der Waals surface area contributed by atoms with E-state index in [0.717, 1.165) is 0 Å². The van der Waals surface area contributed by atoms with Gasteiger partial charge < -0.3 is 24.7 Å². The van der Waals surface area contributed by atoms with Gasteiger partial charge in [-0.15, -0.1) is 5.06 Å². The number of hydroxylamine groups is 1. The second-order valence-corrected chi connectivity index (χ2v) is 9.28.